The Hall–Kier alpha value is -3.55. The SMILES string of the molecule is Cc1ccc(NC(=O)CN2C(=O)N[C@@](C)(Cc3ccc4c(c3)OCO4)C2=O)c(C)c1. The number of fused-ring (bicyclic) bond motifs is 1. The van der Waals surface area contributed by atoms with E-state index < -0.39 is 23.4 Å². The number of urea groups is 1. The molecular formula is C22H23N3O5. The average molecular weight is 409 g/mol. The third-order valence-electron chi connectivity index (χ3n) is 5.30. The van der Waals surface area contributed by atoms with Crippen LogP contribution in [-0.4, -0.2) is 41.6 Å². The maximum absolute atomic E-state index is 13.0. The van der Waals surface area contributed by atoms with E-state index in [1.54, 1.807) is 25.1 Å². The zero-order valence-electron chi connectivity index (χ0n) is 17.1. The molecule has 2 aliphatic rings. The highest BCUT2D eigenvalue weighted by atomic mass is 16.7. The van der Waals surface area contributed by atoms with Crippen molar-refractivity contribution in [3.05, 3.63) is 53.1 Å². The Morgan fingerprint density at radius 2 is 1.90 bits per heavy atom. The molecule has 2 heterocycles. The second-order valence-corrected chi connectivity index (χ2v) is 7.88. The first-order chi connectivity index (χ1) is 14.2. The Kier molecular flexibility index (Phi) is 4.85. The van der Waals surface area contributed by atoms with E-state index in [1.165, 1.54) is 0 Å². The summed E-state index contributed by atoms with van der Waals surface area (Å²) in [5.74, 6) is 0.381. The van der Waals surface area contributed by atoms with Crippen LogP contribution in [-0.2, 0) is 16.0 Å². The lowest BCUT2D eigenvalue weighted by Gasteiger charge is -2.22. The topological polar surface area (TPSA) is 97.0 Å². The van der Waals surface area contributed by atoms with Crippen molar-refractivity contribution in [3.8, 4) is 11.5 Å². The summed E-state index contributed by atoms with van der Waals surface area (Å²) in [5, 5.41) is 5.49. The van der Waals surface area contributed by atoms with E-state index in [9.17, 15) is 14.4 Å². The maximum atomic E-state index is 13.0. The summed E-state index contributed by atoms with van der Waals surface area (Å²) in [6.07, 6.45) is 0.267. The molecule has 1 saturated heterocycles. The summed E-state index contributed by atoms with van der Waals surface area (Å²) in [7, 11) is 0. The number of amides is 4. The van der Waals surface area contributed by atoms with E-state index in [2.05, 4.69) is 10.6 Å². The molecule has 4 amide bonds. The number of imide groups is 1. The number of anilines is 1. The fourth-order valence-corrected chi connectivity index (χ4v) is 3.76. The summed E-state index contributed by atoms with van der Waals surface area (Å²) in [5.41, 5.74) is 2.31. The number of rotatable bonds is 5. The molecule has 1 fully saturated rings. The Balaban J connectivity index is 1.44. The largest absolute Gasteiger partial charge is 0.454 e. The Labute approximate surface area is 174 Å². The zero-order chi connectivity index (χ0) is 21.5. The van der Waals surface area contributed by atoms with Crippen LogP contribution in [0.2, 0.25) is 0 Å². The number of carbonyl (C=O) groups is 3. The van der Waals surface area contributed by atoms with Gasteiger partial charge in [0.2, 0.25) is 12.7 Å². The van der Waals surface area contributed by atoms with Gasteiger partial charge in [-0.25, -0.2) is 4.79 Å². The van der Waals surface area contributed by atoms with Crippen LogP contribution in [0.4, 0.5) is 10.5 Å². The summed E-state index contributed by atoms with van der Waals surface area (Å²) in [4.78, 5) is 38.9. The first kappa shape index (κ1) is 19.8. The van der Waals surface area contributed by atoms with Gasteiger partial charge < -0.3 is 20.1 Å². The van der Waals surface area contributed by atoms with Crippen LogP contribution in [0.5, 0.6) is 11.5 Å². The third kappa shape index (κ3) is 3.68. The fraction of sp³-hybridized carbons (Fsp3) is 0.318. The molecule has 0 bridgehead atoms. The van der Waals surface area contributed by atoms with Gasteiger partial charge in [-0.1, -0.05) is 23.8 Å². The second-order valence-electron chi connectivity index (χ2n) is 7.88. The van der Waals surface area contributed by atoms with Gasteiger partial charge in [0, 0.05) is 12.1 Å². The molecule has 156 valence electrons. The average Bonchev–Trinajstić information content (AvgIpc) is 3.22. The standard InChI is InChI=1S/C22H23N3O5/c1-13-4-6-16(14(2)8-13)23-19(26)11-25-20(27)22(3,24-21(25)28)10-15-5-7-17-18(9-15)30-12-29-17/h4-9H,10-12H2,1-3H3,(H,23,26)(H,24,28)/t22-/m0/s1. The van der Waals surface area contributed by atoms with Crippen LogP contribution < -0.4 is 20.1 Å². The maximum Gasteiger partial charge on any atom is 0.325 e. The molecule has 30 heavy (non-hydrogen) atoms. The first-order valence-corrected chi connectivity index (χ1v) is 9.65. The molecule has 8 nitrogen and oxygen atoms in total. The van der Waals surface area contributed by atoms with Crippen LogP contribution in [0.25, 0.3) is 0 Å². The smallest absolute Gasteiger partial charge is 0.325 e. The van der Waals surface area contributed by atoms with Gasteiger partial charge in [0.15, 0.2) is 11.5 Å². The van der Waals surface area contributed by atoms with Crippen molar-refractivity contribution in [3.63, 3.8) is 0 Å². The number of ether oxygens (including phenoxy) is 2. The number of hydrogen-bond donors (Lipinski definition) is 2. The normalized spacial score (nSPS) is 19.8. The van der Waals surface area contributed by atoms with E-state index in [0.29, 0.717) is 17.2 Å². The minimum Gasteiger partial charge on any atom is -0.454 e. The molecule has 8 heteroatoms. The molecule has 2 N–H and O–H groups in total. The molecule has 0 saturated carbocycles. The summed E-state index contributed by atoms with van der Waals surface area (Å²) in [6.45, 7) is 5.31. The van der Waals surface area contributed by atoms with E-state index in [4.69, 9.17) is 9.47 Å². The minimum absolute atomic E-state index is 0.162. The van der Waals surface area contributed by atoms with Gasteiger partial charge in [-0.3, -0.25) is 14.5 Å². The molecule has 1 atom stereocenters. The van der Waals surface area contributed by atoms with Crippen LogP contribution >= 0.6 is 0 Å². The van der Waals surface area contributed by atoms with Crippen molar-refractivity contribution < 1.29 is 23.9 Å². The van der Waals surface area contributed by atoms with Gasteiger partial charge in [0.1, 0.15) is 12.1 Å². The first-order valence-electron chi connectivity index (χ1n) is 9.65. The molecule has 4 rings (SSSR count). The molecule has 0 unspecified atom stereocenters. The van der Waals surface area contributed by atoms with Crippen LogP contribution in [0.3, 0.4) is 0 Å². The second kappa shape index (κ2) is 7.37. The highest BCUT2D eigenvalue weighted by Gasteiger charge is 2.48. The van der Waals surface area contributed by atoms with Crippen molar-refractivity contribution in [1.82, 2.24) is 10.2 Å². The van der Waals surface area contributed by atoms with Gasteiger partial charge in [0.25, 0.3) is 5.91 Å². The molecular weight excluding hydrogens is 386 g/mol. The van der Waals surface area contributed by atoms with Crippen molar-refractivity contribution in [2.24, 2.45) is 0 Å². The number of carbonyl (C=O) groups excluding carboxylic acids is 3. The molecule has 2 aromatic carbocycles. The molecule has 2 aromatic rings. The quantitative estimate of drug-likeness (QED) is 0.740. The number of hydrogen-bond acceptors (Lipinski definition) is 5. The predicted molar refractivity (Wildman–Crippen MR) is 109 cm³/mol. The lowest BCUT2D eigenvalue weighted by atomic mass is 9.92. The Bertz CT molecular complexity index is 1050. The van der Waals surface area contributed by atoms with Crippen LogP contribution in [0.1, 0.15) is 23.6 Å². The zero-order valence-corrected chi connectivity index (χ0v) is 17.1. The lowest BCUT2D eigenvalue weighted by molar-refractivity contribution is -0.133. The van der Waals surface area contributed by atoms with Gasteiger partial charge in [-0.05, 0) is 50.1 Å². The summed E-state index contributed by atoms with van der Waals surface area (Å²) in [6, 6.07) is 10.5. The fourth-order valence-electron chi connectivity index (χ4n) is 3.76. The minimum atomic E-state index is -1.15. The van der Waals surface area contributed by atoms with Crippen molar-refractivity contribution in [1.29, 1.82) is 0 Å². The van der Waals surface area contributed by atoms with Crippen LogP contribution in [0, 0.1) is 13.8 Å². The molecule has 0 aliphatic carbocycles. The van der Waals surface area contributed by atoms with Gasteiger partial charge in [-0.15, -0.1) is 0 Å². The van der Waals surface area contributed by atoms with Gasteiger partial charge >= 0.3 is 6.03 Å². The number of benzene rings is 2. The number of aryl methyl sites for hydroxylation is 2. The van der Waals surface area contributed by atoms with Crippen molar-refractivity contribution in [2.45, 2.75) is 32.7 Å². The summed E-state index contributed by atoms with van der Waals surface area (Å²) < 4.78 is 10.7. The van der Waals surface area contributed by atoms with E-state index in [-0.39, 0.29) is 19.8 Å². The van der Waals surface area contributed by atoms with Crippen LogP contribution in [0.15, 0.2) is 36.4 Å². The van der Waals surface area contributed by atoms with Crippen molar-refractivity contribution >= 4 is 23.5 Å². The number of nitrogens with zero attached hydrogens (tertiary/aromatic N) is 1. The predicted octanol–water partition coefficient (Wildman–Crippen LogP) is 2.52. The van der Waals surface area contributed by atoms with Crippen molar-refractivity contribution in [2.75, 3.05) is 18.7 Å². The molecule has 2 aliphatic heterocycles. The summed E-state index contributed by atoms with van der Waals surface area (Å²) >= 11 is 0. The highest BCUT2D eigenvalue weighted by Crippen LogP contribution is 2.34. The monoisotopic (exact) mass is 409 g/mol. The van der Waals surface area contributed by atoms with E-state index in [1.807, 2.05) is 32.0 Å². The molecule has 0 spiro atoms. The third-order valence-corrected chi connectivity index (χ3v) is 5.30. The lowest BCUT2D eigenvalue weighted by Crippen LogP contribution is -2.46. The van der Waals surface area contributed by atoms with E-state index >= 15 is 0 Å². The van der Waals surface area contributed by atoms with E-state index in [0.717, 1.165) is 21.6 Å². The Morgan fingerprint density at radius 1 is 1.13 bits per heavy atom. The molecule has 0 radical (unpaired) electrons. The number of nitrogens with one attached hydrogen (secondary N) is 2. The van der Waals surface area contributed by atoms with Gasteiger partial charge in [-0.2, -0.15) is 0 Å². The Morgan fingerprint density at radius 3 is 2.67 bits per heavy atom. The highest BCUT2D eigenvalue weighted by molar-refractivity contribution is 6.10. The molecule has 0 aromatic heterocycles. The van der Waals surface area contributed by atoms with Gasteiger partial charge in [0.05, 0.1) is 0 Å².